The van der Waals surface area contributed by atoms with Gasteiger partial charge in [-0.15, -0.1) is 6.42 Å². The Morgan fingerprint density at radius 1 is 1.19 bits per heavy atom. The molecule has 1 aliphatic rings. The summed E-state index contributed by atoms with van der Waals surface area (Å²) in [7, 11) is 0. The van der Waals surface area contributed by atoms with Crippen LogP contribution < -0.4 is 4.90 Å². The molecule has 5 rings (SSSR count). The van der Waals surface area contributed by atoms with Gasteiger partial charge in [0.15, 0.2) is 5.82 Å². The molecule has 0 amide bonds. The molecule has 2 aromatic heterocycles. The van der Waals surface area contributed by atoms with E-state index >= 15 is 4.39 Å². The molecule has 1 fully saturated rings. The molecule has 1 N–H and O–H groups in total. The van der Waals surface area contributed by atoms with Gasteiger partial charge in [0.1, 0.15) is 28.7 Å². The van der Waals surface area contributed by atoms with Crippen LogP contribution in [-0.2, 0) is 0 Å². The molecule has 0 spiro atoms. The summed E-state index contributed by atoms with van der Waals surface area (Å²) >= 11 is 0. The summed E-state index contributed by atoms with van der Waals surface area (Å²) in [6.07, 6.45) is 8.20. The Morgan fingerprint density at radius 2 is 2.03 bits per heavy atom. The molecule has 1 saturated heterocycles. The number of β-amino-alcohol motifs (C(OH)–C–C–N with tert-alkyl or cyclic N) is 1. The summed E-state index contributed by atoms with van der Waals surface area (Å²) < 4.78 is 30.3. The third-order valence-electron chi connectivity index (χ3n) is 5.87. The first-order valence-electron chi connectivity index (χ1n) is 10.4. The van der Waals surface area contributed by atoms with E-state index in [0.717, 1.165) is 12.8 Å². The summed E-state index contributed by atoms with van der Waals surface area (Å²) in [5.41, 5.74) is 0.656. The van der Waals surface area contributed by atoms with Crippen molar-refractivity contribution < 1.29 is 13.9 Å². The van der Waals surface area contributed by atoms with Gasteiger partial charge in [0, 0.05) is 30.2 Å². The first-order chi connectivity index (χ1) is 15.5. The van der Waals surface area contributed by atoms with Crippen molar-refractivity contribution in [1.82, 2.24) is 15.0 Å². The maximum atomic E-state index is 15.9. The lowest BCUT2D eigenvalue weighted by atomic mass is 9.96. The normalized spacial score (nSPS) is 16.5. The van der Waals surface area contributed by atoms with Crippen LogP contribution in [0.5, 0.6) is 0 Å². The number of aromatic nitrogens is 3. The van der Waals surface area contributed by atoms with Gasteiger partial charge >= 0.3 is 0 Å². The number of aliphatic hydroxyl groups is 1. The molecule has 0 saturated carbocycles. The zero-order valence-corrected chi connectivity index (χ0v) is 17.4. The van der Waals surface area contributed by atoms with E-state index in [0.29, 0.717) is 46.5 Å². The number of pyridine rings is 1. The van der Waals surface area contributed by atoms with Crippen LogP contribution in [-0.4, -0.2) is 39.3 Å². The van der Waals surface area contributed by atoms with E-state index in [4.69, 9.17) is 6.42 Å². The number of anilines is 1. The minimum atomic E-state index is -0.619. The topological polar surface area (TPSA) is 62.1 Å². The number of aliphatic hydroxyl groups excluding tert-OH is 1. The van der Waals surface area contributed by atoms with Crippen LogP contribution in [0, 0.1) is 30.9 Å². The number of nitrogens with zero attached hydrogens (tertiary/aromatic N) is 4. The second-order valence-corrected chi connectivity index (χ2v) is 7.99. The first-order valence-corrected chi connectivity index (χ1v) is 10.4. The second-order valence-electron chi connectivity index (χ2n) is 7.99. The number of hydrogen-bond donors (Lipinski definition) is 1. The minimum absolute atomic E-state index is 0.0490. The average molecular weight is 430 g/mol. The van der Waals surface area contributed by atoms with Gasteiger partial charge in [-0.3, -0.25) is 4.98 Å². The van der Waals surface area contributed by atoms with Gasteiger partial charge in [-0.1, -0.05) is 30.2 Å². The number of aryl methyl sites for hydroxylation is 1. The van der Waals surface area contributed by atoms with E-state index in [9.17, 15) is 9.50 Å². The maximum absolute atomic E-state index is 15.9. The van der Waals surface area contributed by atoms with E-state index in [-0.39, 0.29) is 16.8 Å². The van der Waals surface area contributed by atoms with Gasteiger partial charge in [-0.25, -0.2) is 18.7 Å². The zero-order valence-electron chi connectivity index (χ0n) is 17.4. The fourth-order valence-electron chi connectivity index (χ4n) is 4.42. The van der Waals surface area contributed by atoms with E-state index in [1.807, 2.05) is 4.90 Å². The maximum Gasteiger partial charge on any atom is 0.175 e. The lowest BCUT2D eigenvalue weighted by molar-refractivity contribution is 0.154. The molecule has 5 nitrogen and oxygen atoms in total. The van der Waals surface area contributed by atoms with Crippen LogP contribution in [0.1, 0.15) is 24.2 Å². The Labute approximate surface area is 183 Å². The number of piperidine rings is 1. The number of halogens is 2. The number of rotatable bonds is 2. The molecule has 2 aromatic carbocycles. The van der Waals surface area contributed by atoms with Crippen molar-refractivity contribution in [3.05, 3.63) is 59.6 Å². The fraction of sp³-hybridized carbons (Fsp3) is 0.240. The Morgan fingerprint density at radius 3 is 2.81 bits per heavy atom. The SMILES string of the molecule is C#Cc1c(F)ccc2cccc(-c3ncc4c(N5CCCC(O)C5)nc(C)nc4c3F)c12. The molecule has 3 heterocycles. The predicted molar refractivity (Wildman–Crippen MR) is 120 cm³/mol. The summed E-state index contributed by atoms with van der Waals surface area (Å²) in [6.45, 7) is 2.83. The fourth-order valence-corrected chi connectivity index (χ4v) is 4.42. The van der Waals surface area contributed by atoms with Crippen molar-refractivity contribution in [3.63, 3.8) is 0 Å². The Kier molecular flexibility index (Phi) is 4.95. The van der Waals surface area contributed by atoms with Gasteiger partial charge in [0.25, 0.3) is 0 Å². The third kappa shape index (κ3) is 3.24. The number of benzene rings is 2. The van der Waals surface area contributed by atoms with Crippen molar-refractivity contribution >= 4 is 27.5 Å². The highest BCUT2D eigenvalue weighted by Crippen LogP contribution is 2.36. The summed E-state index contributed by atoms with van der Waals surface area (Å²) in [4.78, 5) is 15.2. The highest BCUT2D eigenvalue weighted by molar-refractivity contribution is 6.02. The highest BCUT2D eigenvalue weighted by Gasteiger charge is 2.24. The van der Waals surface area contributed by atoms with Gasteiger partial charge < -0.3 is 10.0 Å². The highest BCUT2D eigenvalue weighted by atomic mass is 19.1. The summed E-state index contributed by atoms with van der Waals surface area (Å²) in [5, 5.41) is 11.7. The van der Waals surface area contributed by atoms with Gasteiger partial charge in [0.2, 0.25) is 0 Å². The largest absolute Gasteiger partial charge is 0.391 e. The van der Waals surface area contributed by atoms with E-state index in [1.54, 1.807) is 31.2 Å². The molecule has 0 aliphatic carbocycles. The van der Waals surface area contributed by atoms with Gasteiger partial charge in [-0.2, -0.15) is 0 Å². The molecule has 1 unspecified atom stereocenters. The molecular weight excluding hydrogens is 410 g/mol. The molecule has 0 bridgehead atoms. The van der Waals surface area contributed by atoms with Crippen molar-refractivity contribution in [3.8, 4) is 23.6 Å². The van der Waals surface area contributed by atoms with Crippen molar-refractivity contribution in [2.24, 2.45) is 0 Å². The second kappa shape index (κ2) is 7.81. The molecule has 160 valence electrons. The molecule has 32 heavy (non-hydrogen) atoms. The van der Waals surface area contributed by atoms with Crippen LogP contribution in [0.4, 0.5) is 14.6 Å². The van der Waals surface area contributed by atoms with Gasteiger partial charge in [0.05, 0.1) is 17.1 Å². The van der Waals surface area contributed by atoms with Gasteiger partial charge in [-0.05, 0) is 31.2 Å². The lowest BCUT2D eigenvalue weighted by Crippen LogP contribution is -2.39. The molecule has 4 aromatic rings. The zero-order chi connectivity index (χ0) is 22.4. The van der Waals surface area contributed by atoms with Crippen LogP contribution >= 0.6 is 0 Å². The molecule has 0 radical (unpaired) electrons. The van der Waals surface area contributed by atoms with E-state index in [1.165, 1.54) is 12.3 Å². The monoisotopic (exact) mass is 430 g/mol. The number of terminal acetylenes is 1. The van der Waals surface area contributed by atoms with Crippen LogP contribution in [0.25, 0.3) is 32.9 Å². The summed E-state index contributed by atoms with van der Waals surface area (Å²) in [5.74, 6) is 2.19. The molecule has 7 heteroatoms. The standard InChI is InChI=1S/C25H20F2N4O/c1-3-17-20(26)10-9-15-6-4-8-18(21(15)17)23-22(27)24-19(12-28-23)25(30-14(2)29-24)31-11-5-7-16(32)13-31/h1,4,6,8-10,12,16,32H,5,7,11,13H2,2H3. The van der Waals surface area contributed by atoms with Crippen molar-refractivity contribution in [1.29, 1.82) is 0 Å². The Balaban J connectivity index is 1.76. The lowest BCUT2D eigenvalue weighted by Gasteiger charge is -2.31. The van der Waals surface area contributed by atoms with Crippen LogP contribution in [0.3, 0.4) is 0 Å². The average Bonchev–Trinajstić information content (AvgIpc) is 2.79. The third-order valence-corrected chi connectivity index (χ3v) is 5.87. The van der Waals surface area contributed by atoms with E-state index in [2.05, 4.69) is 20.9 Å². The Bertz CT molecular complexity index is 1410. The van der Waals surface area contributed by atoms with E-state index < -0.39 is 17.7 Å². The molecular formula is C25H20F2N4O. The smallest absolute Gasteiger partial charge is 0.175 e. The Hall–Kier alpha value is -3.63. The van der Waals surface area contributed by atoms with Crippen molar-refractivity contribution in [2.75, 3.05) is 18.0 Å². The summed E-state index contributed by atoms with van der Waals surface area (Å²) in [6, 6.07) is 8.15. The van der Waals surface area contributed by atoms with Crippen LogP contribution in [0.2, 0.25) is 0 Å². The number of hydrogen-bond acceptors (Lipinski definition) is 5. The minimum Gasteiger partial charge on any atom is -0.391 e. The first kappa shape index (κ1) is 20.3. The van der Waals surface area contributed by atoms with Crippen LogP contribution in [0.15, 0.2) is 36.5 Å². The molecule has 1 aliphatic heterocycles. The number of fused-ring (bicyclic) bond motifs is 2. The van der Waals surface area contributed by atoms with Crippen molar-refractivity contribution in [2.45, 2.75) is 25.9 Å². The predicted octanol–water partition coefficient (Wildman–Crippen LogP) is 4.37. The quantitative estimate of drug-likeness (QED) is 0.479. The molecule has 1 atom stereocenters.